The molecule has 1 aliphatic rings. The summed E-state index contributed by atoms with van der Waals surface area (Å²) in [5, 5.41) is 3.14. The lowest BCUT2D eigenvalue weighted by molar-refractivity contribution is -0.127. The van der Waals surface area contributed by atoms with Gasteiger partial charge in [0, 0.05) is 50.2 Å². The van der Waals surface area contributed by atoms with Gasteiger partial charge in [0.2, 0.25) is 5.91 Å². The molecular weight excluding hydrogens is 390 g/mol. The summed E-state index contributed by atoms with van der Waals surface area (Å²) in [5.74, 6) is 1.19. The van der Waals surface area contributed by atoms with Crippen molar-refractivity contribution in [2.24, 2.45) is 11.8 Å². The molecule has 0 aromatic carbocycles. The topological polar surface area (TPSA) is 70.6 Å². The van der Waals surface area contributed by atoms with Crippen LogP contribution in [0.15, 0.2) is 42.9 Å². The molecule has 0 saturated carbocycles. The lowest BCUT2D eigenvalue weighted by atomic mass is 9.88. The number of rotatable bonds is 10. The molecule has 31 heavy (non-hydrogen) atoms. The Bertz CT molecular complexity index is 797. The molecule has 0 unspecified atom stereocenters. The maximum atomic E-state index is 12.9. The number of piperidine rings is 1. The van der Waals surface area contributed by atoms with Crippen LogP contribution >= 0.6 is 0 Å². The Morgan fingerprint density at radius 3 is 2.74 bits per heavy atom. The fourth-order valence-electron chi connectivity index (χ4n) is 3.99. The largest absolute Gasteiger partial charge is 0.492 e. The highest BCUT2D eigenvalue weighted by Gasteiger charge is 2.32. The summed E-state index contributed by atoms with van der Waals surface area (Å²) < 4.78 is 6.02. The molecule has 2 aromatic heterocycles. The SMILES string of the molecule is Cc1ccc(OC[C@H]2C[C@@H](C(=O)NCCCN(C)C)CN(Cc3ccncc3)C2)cn1. The molecular formula is C24H35N5O2. The summed E-state index contributed by atoms with van der Waals surface area (Å²) in [6, 6.07) is 7.98. The first-order chi connectivity index (χ1) is 15.0. The average molecular weight is 426 g/mol. The van der Waals surface area contributed by atoms with Crippen LogP contribution in [0.2, 0.25) is 0 Å². The third-order valence-corrected chi connectivity index (χ3v) is 5.59. The van der Waals surface area contributed by atoms with Crippen LogP contribution in [0.1, 0.15) is 24.1 Å². The Hall–Kier alpha value is -2.51. The fourth-order valence-corrected chi connectivity index (χ4v) is 3.99. The van der Waals surface area contributed by atoms with E-state index in [2.05, 4.69) is 25.1 Å². The molecule has 1 aliphatic heterocycles. The van der Waals surface area contributed by atoms with Crippen molar-refractivity contribution in [3.8, 4) is 5.75 Å². The van der Waals surface area contributed by atoms with Crippen molar-refractivity contribution in [2.45, 2.75) is 26.3 Å². The molecule has 3 rings (SSSR count). The molecule has 1 fully saturated rings. The molecule has 7 nitrogen and oxygen atoms in total. The van der Waals surface area contributed by atoms with Gasteiger partial charge in [-0.15, -0.1) is 0 Å². The van der Waals surface area contributed by atoms with Gasteiger partial charge in [-0.2, -0.15) is 0 Å². The van der Waals surface area contributed by atoms with Crippen LogP contribution in [0.3, 0.4) is 0 Å². The van der Waals surface area contributed by atoms with Gasteiger partial charge in [-0.3, -0.25) is 19.7 Å². The summed E-state index contributed by atoms with van der Waals surface area (Å²) in [6.45, 7) is 6.73. The Balaban J connectivity index is 1.59. The van der Waals surface area contributed by atoms with Gasteiger partial charge >= 0.3 is 0 Å². The van der Waals surface area contributed by atoms with Crippen molar-refractivity contribution in [3.63, 3.8) is 0 Å². The van der Waals surface area contributed by atoms with Gasteiger partial charge in [0.25, 0.3) is 0 Å². The second-order valence-corrected chi connectivity index (χ2v) is 8.74. The first-order valence-electron chi connectivity index (χ1n) is 11.1. The number of carbonyl (C=O) groups excluding carboxylic acids is 1. The average Bonchev–Trinajstić information content (AvgIpc) is 2.76. The van der Waals surface area contributed by atoms with Crippen molar-refractivity contribution >= 4 is 5.91 Å². The van der Waals surface area contributed by atoms with E-state index in [1.807, 2.05) is 57.7 Å². The van der Waals surface area contributed by atoms with Gasteiger partial charge in [0.15, 0.2) is 0 Å². The molecule has 0 bridgehead atoms. The Morgan fingerprint density at radius 1 is 1.23 bits per heavy atom. The lowest BCUT2D eigenvalue weighted by Gasteiger charge is -2.37. The zero-order valence-electron chi connectivity index (χ0n) is 19.0. The molecule has 3 heterocycles. The van der Waals surface area contributed by atoms with E-state index in [1.54, 1.807) is 6.20 Å². The van der Waals surface area contributed by atoms with E-state index in [1.165, 1.54) is 5.56 Å². The minimum absolute atomic E-state index is 0.0281. The van der Waals surface area contributed by atoms with Crippen molar-refractivity contribution in [1.82, 2.24) is 25.1 Å². The van der Waals surface area contributed by atoms with Gasteiger partial charge in [-0.25, -0.2) is 0 Å². The Kier molecular flexibility index (Phi) is 8.79. The molecule has 1 N–H and O–H groups in total. The molecule has 168 valence electrons. The quantitative estimate of drug-likeness (QED) is 0.590. The van der Waals surface area contributed by atoms with Crippen LogP contribution < -0.4 is 10.1 Å². The van der Waals surface area contributed by atoms with Gasteiger partial charge < -0.3 is 15.0 Å². The van der Waals surface area contributed by atoms with Crippen molar-refractivity contribution in [2.75, 3.05) is 46.9 Å². The van der Waals surface area contributed by atoms with Gasteiger partial charge in [-0.05, 0) is 70.2 Å². The van der Waals surface area contributed by atoms with Crippen LogP contribution in [-0.2, 0) is 11.3 Å². The number of aromatic nitrogens is 2. The van der Waals surface area contributed by atoms with E-state index in [0.29, 0.717) is 13.2 Å². The maximum Gasteiger partial charge on any atom is 0.224 e. The minimum Gasteiger partial charge on any atom is -0.492 e. The molecule has 2 aromatic rings. The molecule has 7 heteroatoms. The van der Waals surface area contributed by atoms with Gasteiger partial charge in [-0.1, -0.05) is 0 Å². The van der Waals surface area contributed by atoms with Crippen LogP contribution in [0.5, 0.6) is 5.75 Å². The maximum absolute atomic E-state index is 12.9. The first kappa shape index (κ1) is 23.2. The first-order valence-corrected chi connectivity index (χ1v) is 11.1. The number of nitrogens with zero attached hydrogens (tertiary/aromatic N) is 4. The number of likely N-dealkylation sites (tertiary alicyclic amines) is 1. The standard InChI is InChI=1S/C24H35N5O2/c1-19-5-6-23(14-27-19)31-18-21-13-22(24(30)26-9-4-12-28(2)3)17-29(16-21)15-20-7-10-25-11-8-20/h5-8,10-11,14,21-22H,4,9,12-13,15-18H2,1-3H3,(H,26,30)/t21-,22+/m0/s1. The van der Waals surface area contributed by atoms with Gasteiger partial charge in [0.1, 0.15) is 5.75 Å². The highest BCUT2D eigenvalue weighted by molar-refractivity contribution is 5.79. The number of carbonyl (C=O) groups is 1. The summed E-state index contributed by atoms with van der Waals surface area (Å²) in [4.78, 5) is 25.8. The van der Waals surface area contributed by atoms with Crippen molar-refractivity contribution in [3.05, 3.63) is 54.1 Å². The Labute approximate surface area is 185 Å². The highest BCUT2D eigenvalue weighted by Crippen LogP contribution is 2.25. The molecule has 0 spiro atoms. The third kappa shape index (κ3) is 7.92. The normalized spacial score (nSPS) is 19.4. The van der Waals surface area contributed by atoms with Crippen molar-refractivity contribution in [1.29, 1.82) is 0 Å². The van der Waals surface area contributed by atoms with E-state index < -0.39 is 0 Å². The lowest BCUT2D eigenvalue weighted by Crippen LogP contribution is -2.47. The number of nitrogens with one attached hydrogen (secondary N) is 1. The van der Waals surface area contributed by atoms with E-state index in [9.17, 15) is 4.79 Å². The predicted molar refractivity (Wildman–Crippen MR) is 122 cm³/mol. The number of ether oxygens (including phenoxy) is 1. The summed E-state index contributed by atoms with van der Waals surface area (Å²) in [7, 11) is 4.10. The van der Waals surface area contributed by atoms with Crippen molar-refractivity contribution < 1.29 is 9.53 Å². The molecule has 1 amide bonds. The van der Waals surface area contributed by atoms with Crippen LogP contribution in [0, 0.1) is 18.8 Å². The van der Waals surface area contributed by atoms with Gasteiger partial charge in [0.05, 0.1) is 18.7 Å². The molecule has 1 saturated heterocycles. The van der Waals surface area contributed by atoms with Crippen LogP contribution in [0.25, 0.3) is 0 Å². The predicted octanol–water partition coefficient (Wildman–Crippen LogP) is 2.37. The number of amides is 1. The number of pyridine rings is 2. The van der Waals surface area contributed by atoms with Crippen LogP contribution in [0.4, 0.5) is 0 Å². The number of aryl methyl sites for hydroxylation is 1. The van der Waals surface area contributed by atoms with E-state index in [-0.39, 0.29) is 17.7 Å². The van der Waals surface area contributed by atoms with E-state index >= 15 is 0 Å². The molecule has 0 radical (unpaired) electrons. The van der Waals surface area contributed by atoms with E-state index in [4.69, 9.17) is 4.74 Å². The number of hydrogen-bond donors (Lipinski definition) is 1. The zero-order valence-corrected chi connectivity index (χ0v) is 19.0. The third-order valence-electron chi connectivity index (χ3n) is 5.59. The fraction of sp³-hybridized carbons (Fsp3) is 0.542. The molecule has 2 atom stereocenters. The smallest absolute Gasteiger partial charge is 0.224 e. The second kappa shape index (κ2) is 11.8. The van der Waals surface area contributed by atoms with E-state index in [0.717, 1.165) is 50.5 Å². The molecule has 0 aliphatic carbocycles. The zero-order chi connectivity index (χ0) is 22.1. The number of hydrogen-bond acceptors (Lipinski definition) is 6. The second-order valence-electron chi connectivity index (χ2n) is 8.74. The monoisotopic (exact) mass is 425 g/mol. The van der Waals surface area contributed by atoms with Crippen LogP contribution in [-0.4, -0.2) is 72.6 Å². The highest BCUT2D eigenvalue weighted by atomic mass is 16.5. The summed E-state index contributed by atoms with van der Waals surface area (Å²) in [6.07, 6.45) is 7.20. The minimum atomic E-state index is -0.0281. The Morgan fingerprint density at radius 2 is 2.03 bits per heavy atom. The summed E-state index contributed by atoms with van der Waals surface area (Å²) >= 11 is 0. The summed E-state index contributed by atoms with van der Waals surface area (Å²) in [5.41, 5.74) is 2.18.